The molecule has 0 N–H and O–H groups in total. The monoisotopic (exact) mass is 298 g/mol. The minimum atomic E-state index is 1.00. The quantitative estimate of drug-likeness (QED) is 0.599. The highest BCUT2D eigenvalue weighted by molar-refractivity contribution is 6.18. The van der Waals surface area contributed by atoms with E-state index in [4.69, 9.17) is 4.99 Å². The first-order valence-electron chi connectivity index (χ1n) is 7.82. The summed E-state index contributed by atoms with van der Waals surface area (Å²) >= 11 is 0. The summed E-state index contributed by atoms with van der Waals surface area (Å²) in [5.41, 5.74) is 7.90. The van der Waals surface area contributed by atoms with Crippen LogP contribution in [0.5, 0.6) is 0 Å². The molecule has 0 saturated heterocycles. The summed E-state index contributed by atoms with van der Waals surface area (Å²) in [4.78, 5) is 7.24. The second kappa shape index (κ2) is 5.40. The van der Waals surface area contributed by atoms with Crippen LogP contribution in [0, 0.1) is 6.92 Å². The van der Waals surface area contributed by atoms with Crippen LogP contribution in [0.4, 0.5) is 17.1 Å². The number of anilines is 2. The average Bonchev–Trinajstić information content (AvgIpc) is 2.71. The van der Waals surface area contributed by atoms with E-state index in [-0.39, 0.29) is 0 Å². The van der Waals surface area contributed by atoms with Crippen molar-refractivity contribution in [3.8, 4) is 0 Å². The summed E-state index contributed by atoms with van der Waals surface area (Å²) in [5, 5.41) is 0. The predicted molar refractivity (Wildman–Crippen MR) is 97.4 cm³/mol. The predicted octanol–water partition coefficient (Wildman–Crippen LogP) is 5.25. The van der Waals surface area contributed by atoms with Crippen LogP contribution in [-0.4, -0.2) is 12.8 Å². The molecular formula is C21H18N2. The molecule has 0 saturated carbocycles. The van der Waals surface area contributed by atoms with E-state index in [9.17, 15) is 0 Å². The lowest BCUT2D eigenvalue weighted by Gasteiger charge is -2.21. The molecule has 3 aromatic rings. The lowest BCUT2D eigenvalue weighted by molar-refractivity contribution is 1.20. The summed E-state index contributed by atoms with van der Waals surface area (Å²) in [7, 11) is 2.11. The van der Waals surface area contributed by atoms with Gasteiger partial charge in [-0.05, 0) is 31.2 Å². The van der Waals surface area contributed by atoms with Crippen LogP contribution >= 0.6 is 0 Å². The van der Waals surface area contributed by atoms with E-state index in [1.807, 2.05) is 12.1 Å². The fourth-order valence-corrected chi connectivity index (χ4v) is 3.10. The molecule has 0 fully saturated rings. The molecule has 0 aliphatic carbocycles. The van der Waals surface area contributed by atoms with E-state index < -0.39 is 0 Å². The van der Waals surface area contributed by atoms with Gasteiger partial charge in [0.05, 0.1) is 22.8 Å². The van der Waals surface area contributed by atoms with E-state index >= 15 is 0 Å². The van der Waals surface area contributed by atoms with Crippen molar-refractivity contribution in [1.82, 2.24) is 0 Å². The Morgan fingerprint density at radius 2 is 1.52 bits per heavy atom. The van der Waals surface area contributed by atoms with Gasteiger partial charge in [0.1, 0.15) is 0 Å². The summed E-state index contributed by atoms with van der Waals surface area (Å²) in [5.74, 6) is 0. The normalized spacial score (nSPS) is 13.0. The Bertz CT molecular complexity index is 895. The first-order chi connectivity index (χ1) is 11.2. The zero-order chi connectivity index (χ0) is 15.8. The Morgan fingerprint density at radius 3 is 2.35 bits per heavy atom. The van der Waals surface area contributed by atoms with Crippen molar-refractivity contribution >= 4 is 22.8 Å². The highest BCUT2D eigenvalue weighted by atomic mass is 15.1. The second-order valence-electron chi connectivity index (χ2n) is 5.89. The van der Waals surface area contributed by atoms with Crippen molar-refractivity contribution in [3.63, 3.8) is 0 Å². The van der Waals surface area contributed by atoms with E-state index in [1.54, 1.807) is 0 Å². The lowest BCUT2D eigenvalue weighted by Crippen LogP contribution is -2.13. The summed E-state index contributed by atoms with van der Waals surface area (Å²) < 4.78 is 0. The largest absolute Gasteiger partial charge is 0.342 e. The van der Waals surface area contributed by atoms with E-state index in [0.29, 0.717) is 0 Å². The highest BCUT2D eigenvalue weighted by Crippen LogP contribution is 2.39. The molecule has 0 unspecified atom stereocenters. The van der Waals surface area contributed by atoms with Crippen molar-refractivity contribution in [2.45, 2.75) is 6.92 Å². The minimum absolute atomic E-state index is 1.00. The third-order valence-corrected chi connectivity index (χ3v) is 4.29. The number of fused-ring (bicyclic) bond motifs is 2. The third kappa shape index (κ3) is 2.33. The summed E-state index contributed by atoms with van der Waals surface area (Å²) in [6.45, 7) is 2.13. The number of hydrogen-bond donors (Lipinski definition) is 0. The smallest absolute Gasteiger partial charge is 0.0874 e. The Kier molecular flexibility index (Phi) is 3.23. The van der Waals surface area contributed by atoms with Gasteiger partial charge >= 0.3 is 0 Å². The van der Waals surface area contributed by atoms with Crippen LogP contribution < -0.4 is 4.90 Å². The van der Waals surface area contributed by atoms with Gasteiger partial charge in [-0.25, -0.2) is 4.99 Å². The Hall–Kier alpha value is -2.87. The number of benzene rings is 3. The molecule has 0 aromatic heterocycles. The molecule has 1 aliphatic rings. The van der Waals surface area contributed by atoms with Crippen molar-refractivity contribution in [2.24, 2.45) is 4.99 Å². The van der Waals surface area contributed by atoms with Crippen LogP contribution in [0.15, 0.2) is 77.8 Å². The van der Waals surface area contributed by atoms with Gasteiger partial charge in [0.15, 0.2) is 0 Å². The molecule has 4 rings (SSSR count). The molecule has 3 aromatic carbocycles. The lowest BCUT2D eigenvalue weighted by atomic mass is 9.98. The molecule has 0 bridgehead atoms. The zero-order valence-electron chi connectivity index (χ0n) is 13.3. The van der Waals surface area contributed by atoms with Crippen molar-refractivity contribution in [2.75, 3.05) is 11.9 Å². The molecule has 0 spiro atoms. The second-order valence-corrected chi connectivity index (χ2v) is 5.89. The molecule has 2 heteroatoms. The number of para-hydroxylation sites is 2. The molecule has 0 atom stereocenters. The first kappa shape index (κ1) is 13.8. The summed E-state index contributed by atoms with van der Waals surface area (Å²) in [6, 6.07) is 25.3. The fraction of sp³-hybridized carbons (Fsp3) is 0.0952. The molecule has 23 heavy (non-hydrogen) atoms. The van der Waals surface area contributed by atoms with Gasteiger partial charge in [-0.2, -0.15) is 0 Å². The van der Waals surface area contributed by atoms with Crippen LogP contribution in [-0.2, 0) is 0 Å². The van der Waals surface area contributed by atoms with Crippen molar-refractivity contribution in [3.05, 3.63) is 89.5 Å². The van der Waals surface area contributed by atoms with Crippen LogP contribution in [0.1, 0.15) is 16.7 Å². The van der Waals surface area contributed by atoms with Crippen molar-refractivity contribution < 1.29 is 0 Å². The minimum Gasteiger partial charge on any atom is -0.342 e. The molecule has 2 nitrogen and oxygen atoms in total. The Balaban J connectivity index is 2.05. The molecule has 1 aliphatic heterocycles. The number of aliphatic imine (C=N–C) groups is 1. The first-order valence-corrected chi connectivity index (χ1v) is 7.82. The van der Waals surface area contributed by atoms with Crippen molar-refractivity contribution in [1.29, 1.82) is 0 Å². The van der Waals surface area contributed by atoms with Gasteiger partial charge in [0.25, 0.3) is 0 Å². The van der Waals surface area contributed by atoms with Gasteiger partial charge in [-0.3, -0.25) is 0 Å². The van der Waals surface area contributed by atoms with Gasteiger partial charge < -0.3 is 4.90 Å². The molecule has 0 amide bonds. The molecule has 1 heterocycles. The standard InChI is InChI=1S/C21H18N2/c1-15-12-13-19-17(14-15)21(16-8-4-3-5-9-16)22-18-10-6-7-11-20(18)23(19)2/h3-14H,1-2H3. The maximum atomic E-state index is 5.02. The van der Waals surface area contributed by atoms with Gasteiger partial charge in [-0.1, -0.05) is 54.1 Å². The maximum absolute atomic E-state index is 5.02. The Labute approximate surface area is 136 Å². The van der Waals surface area contributed by atoms with E-state index in [1.165, 1.54) is 16.8 Å². The number of rotatable bonds is 1. The number of aryl methyl sites for hydroxylation is 1. The third-order valence-electron chi connectivity index (χ3n) is 4.29. The van der Waals surface area contributed by atoms with Gasteiger partial charge in [-0.15, -0.1) is 0 Å². The van der Waals surface area contributed by atoms with Crippen LogP contribution in [0.2, 0.25) is 0 Å². The Morgan fingerprint density at radius 1 is 0.783 bits per heavy atom. The topological polar surface area (TPSA) is 15.6 Å². The summed E-state index contributed by atoms with van der Waals surface area (Å²) in [6.07, 6.45) is 0. The van der Waals surface area contributed by atoms with Gasteiger partial charge in [0.2, 0.25) is 0 Å². The van der Waals surface area contributed by atoms with E-state index in [0.717, 1.165) is 22.6 Å². The van der Waals surface area contributed by atoms with Crippen LogP contribution in [0.3, 0.4) is 0 Å². The molecular weight excluding hydrogens is 280 g/mol. The molecule has 0 radical (unpaired) electrons. The number of nitrogens with zero attached hydrogens (tertiary/aromatic N) is 2. The maximum Gasteiger partial charge on any atom is 0.0874 e. The van der Waals surface area contributed by atoms with E-state index in [2.05, 4.69) is 79.5 Å². The van der Waals surface area contributed by atoms with Gasteiger partial charge in [0, 0.05) is 18.2 Å². The average molecular weight is 298 g/mol. The zero-order valence-corrected chi connectivity index (χ0v) is 13.3. The number of hydrogen-bond acceptors (Lipinski definition) is 2. The highest BCUT2D eigenvalue weighted by Gasteiger charge is 2.21. The van der Waals surface area contributed by atoms with Crippen LogP contribution in [0.25, 0.3) is 0 Å². The SMILES string of the molecule is Cc1ccc2c(c1)C(c1ccccc1)=Nc1ccccc1N2C. The fourth-order valence-electron chi connectivity index (χ4n) is 3.10. The molecule has 112 valence electrons.